The number of aryl methyl sites for hydroxylation is 2. The number of aromatic amines is 1. The second-order valence-electron chi connectivity index (χ2n) is 5.84. The number of benzene rings is 2. The van der Waals surface area contributed by atoms with Crippen LogP contribution in [0.1, 0.15) is 22.3 Å². The van der Waals surface area contributed by atoms with E-state index in [0.717, 1.165) is 32.6 Å². The number of H-pyrrole nitrogens is 1. The zero-order valence-electron chi connectivity index (χ0n) is 13.2. The van der Waals surface area contributed by atoms with Crippen LogP contribution in [0.25, 0.3) is 10.9 Å². The molecule has 3 nitrogen and oxygen atoms in total. The fraction of sp³-hybridized carbons (Fsp3) is 0.211. The van der Waals surface area contributed by atoms with Gasteiger partial charge in [-0.25, -0.2) is 0 Å². The van der Waals surface area contributed by atoms with Gasteiger partial charge in [-0.1, -0.05) is 35.9 Å². The van der Waals surface area contributed by atoms with E-state index in [4.69, 9.17) is 11.6 Å². The normalized spacial score (nSPS) is 11.1. The summed E-state index contributed by atoms with van der Waals surface area (Å²) in [5.74, 6) is 0. The monoisotopic (exact) mass is 326 g/mol. The minimum atomic E-state index is -0.0326. The highest BCUT2D eigenvalue weighted by atomic mass is 35.5. The Balaban J connectivity index is 1.80. The summed E-state index contributed by atoms with van der Waals surface area (Å²) in [7, 11) is 0. The molecule has 1 aromatic heterocycles. The Kier molecular flexibility index (Phi) is 4.51. The standard InChI is InChI=1S/C19H19ClN2O/c1-12-3-4-13(2)18-17(12)9-15(19(23)22-18)11-21-10-14-5-7-16(20)8-6-14/h3-9,21H,10-11H2,1-2H3,(H,22,23). The molecular formula is C19H19ClN2O. The average Bonchev–Trinajstić information content (AvgIpc) is 2.54. The predicted octanol–water partition coefficient (Wildman–Crippen LogP) is 4.09. The van der Waals surface area contributed by atoms with E-state index in [1.54, 1.807) is 0 Å². The second-order valence-corrected chi connectivity index (χ2v) is 6.28. The average molecular weight is 327 g/mol. The Morgan fingerprint density at radius 3 is 2.43 bits per heavy atom. The lowest BCUT2D eigenvalue weighted by Gasteiger charge is -2.09. The van der Waals surface area contributed by atoms with Gasteiger partial charge in [0.15, 0.2) is 0 Å². The molecule has 2 N–H and O–H groups in total. The first kappa shape index (κ1) is 15.8. The molecule has 0 fully saturated rings. The van der Waals surface area contributed by atoms with Crippen LogP contribution in [-0.2, 0) is 13.1 Å². The molecule has 0 amide bonds. The Hall–Kier alpha value is -2.10. The molecular weight excluding hydrogens is 308 g/mol. The molecule has 0 unspecified atom stereocenters. The number of halogens is 1. The summed E-state index contributed by atoms with van der Waals surface area (Å²) in [6.45, 7) is 5.30. The van der Waals surface area contributed by atoms with Crippen LogP contribution < -0.4 is 10.9 Å². The van der Waals surface area contributed by atoms with Crippen molar-refractivity contribution in [2.24, 2.45) is 0 Å². The molecule has 0 aliphatic heterocycles. The summed E-state index contributed by atoms with van der Waals surface area (Å²) in [6, 6.07) is 13.8. The SMILES string of the molecule is Cc1ccc(C)c2[nH]c(=O)c(CNCc3ccc(Cl)cc3)cc12. The number of rotatable bonds is 4. The van der Waals surface area contributed by atoms with Crippen molar-refractivity contribution >= 4 is 22.5 Å². The number of pyridine rings is 1. The van der Waals surface area contributed by atoms with Gasteiger partial charge in [0.05, 0.1) is 5.52 Å². The van der Waals surface area contributed by atoms with Gasteiger partial charge in [0.2, 0.25) is 0 Å². The van der Waals surface area contributed by atoms with Gasteiger partial charge in [-0.05, 0) is 48.7 Å². The molecule has 1 heterocycles. The number of nitrogens with one attached hydrogen (secondary N) is 2. The lowest BCUT2D eigenvalue weighted by atomic mass is 10.0. The Bertz CT molecular complexity index is 898. The van der Waals surface area contributed by atoms with E-state index in [9.17, 15) is 4.79 Å². The van der Waals surface area contributed by atoms with E-state index >= 15 is 0 Å². The van der Waals surface area contributed by atoms with E-state index in [1.165, 1.54) is 5.56 Å². The Morgan fingerprint density at radius 2 is 1.70 bits per heavy atom. The molecule has 0 bridgehead atoms. The summed E-state index contributed by atoms with van der Waals surface area (Å²) in [5, 5.41) is 5.15. The van der Waals surface area contributed by atoms with Gasteiger partial charge < -0.3 is 10.3 Å². The Morgan fingerprint density at radius 1 is 1.00 bits per heavy atom. The topological polar surface area (TPSA) is 44.9 Å². The van der Waals surface area contributed by atoms with E-state index < -0.39 is 0 Å². The fourth-order valence-electron chi connectivity index (χ4n) is 2.69. The van der Waals surface area contributed by atoms with Crippen molar-refractivity contribution in [1.82, 2.24) is 10.3 Å². The molecule has 3 aromatic rings. The Labute approximate surface area is 140 Å². The zero-order valence-corrected chi connectivity index (χ0v) is 14.0. The van der Waals surface area contributed by atoms with E-state index in [1.807, 2.05) is 43.3 Å². The number of hydrogen-bond donors (Lipinski definition) is 2. The summed E-state index contributed by atoms with van der Waals surface area (Å²) in [6.07, 6.45) is 0. The molecule has 0 spiro atoms. The maximum absolute atomic E-state index is 12.3. The van der Waals surface area contributed by atoms with E-state index in [-0.39, 0.29) is 5.56 Å². The van der Waals surface area contributed by atoms with Crippen LogP contribution in [0, 0.1) is 13.8 Å². The molecule has 3 rings (SSSR count). The van der Waals surface area contributed by atoms with Gasteiger partial charge in [-0.15, -0.1) is 0 Å². The van der Waals surface area contributed by atoms with Crippen molar-refractivity contribution in [3.05, 3.63) is 80.1 Å². The molecule has 2 aromatic carbocycles. The van der Waals surface area contributed by atoms with Crippen LogP contribution >= 0.6 is 11.6 Å². The highest BCUT2D eigenvalue weighted by Gasteiger charge is 2.06. The summed E-state index contributed by atoms with van der Waals surface area (Å²) in [4.78, 5) is 15.3. The van der Waals surface area contributed by atoms with E-state index in [2.05, 4.69) is 23.3 Å². The van der Waals surface area contributed by atoms with Crippen LogP contribution in [0.3, 0.4) is 0 Å². The van der Waals surface area contributed by atoms with Gasteiger partial charge in [0.25, 0.3) is 5.56 Å². The van der Waals surface area contributed by atoms with Crippen LogP contribution in [0.5, 0.6) is 0 Å². The summed E-state index contributed by atoms with van der Waals surface area (Å²) in [5.41, 5.74) is 5.04. The van der Waals surface area contributed by atoms with Crippen molar-refractivity contribution < 1.29 is 0 Å². The quantitative estimate of drug-likeness (QED) is 0.758. The second kappa shape index (κ2) is 6.57. The predicted molar refractivity (Wildman–Crippen MR) is 96.0 cm³/mol. The van der Waals surface area contributed by atoms with Gasteiger partial charge in [0.1, 0.15) is 0 Å². The van der Waals surface area contributed by atoms with Crippen molar-refractivity contribution in [1.29, 1.82) is 0 Å². The smallest absolute Gasteiger partial charge is 0.252 e. The first-order valence-corrected chi connectivity index (χ1v) is 7.99. The molecule has 0 aliphatic carbocycles. The van der Waals surface area contributed by atoms with Crippen LogP contribution in [0.4, 0.5) is 0 Å². The minimum absolute atomic E-state index is 0.0326. The lowest BCUT2D eigenvalue weighted by molar-refractivity contribution is 0.688. The van der Waals surface area contributed by atoms with Crippen LogP contribution in [0.2, 0.25) is 5.02 Å². The third kappa shape index (κ3) is 3.46. The van der Waals surface area contributed by atoms with Crippen LogP contribution in [0.15, 0.2) is 47.3 Å². The molecule has 0 saturated heterocycles. The minimum Gasteiger partial charge on any atom is -0.321 e. The molecule has 0 atom stereocenters. The summed E-state index contributed by atoms with van der Waals surface area (Å²) >= 11 is 5.88. The molecule has 23 heavy (non-hydrogen) atoms. The first-order chi connectivity index (χ1) is 11.0. The van der Waals surface area contributed by atoms with Crippen molar-refractivity contribution in [2.45, 2.75) is 26.9 Å². The number of fused-ring (bicyclic) bond motifs is 1. The highest BCUT2D eigenvalue weighted by molar-refractivity contribution is 6.30. The summed E-state index contributed by atoms with van der Waals surface area (Å²) < 4.78 is 0. The van der Waals surface area contributed by atoms with E-state index in [0.29, 0.717) is 13.1 Å². The van der Waals surface area contributed by atoms with Gasteiger partial charge in [-0.2, -0.15) is 0 Å². The maximum atomic E-state index is 12.3. The van der Waals surface area contributed by atoms with Crippen molar-refractivity contribution in [2.75, 3.05) is 0 Å². The highest BCUT2D eigenvalue weighted by Crippen LogP contribution is 2.19. The molecule has 4 heteroatoms. The van der Waals surface area contributed by atoms with Crippen LogP contribution in [-0.4, -0.2) is 4.98 Å². The van der Waals surface area contributed by atoms with Crippen molar-refractivity contribution in [3.8, 4) is 0 Å². The molecule has 0 saturated carbocycles. The molecule has 118 valence electrons. The third-order valence-corrected chi connectivity index (χ3v) is 4.33. The lowest BCUT2D eigenvalue weighted by Crippen LogP contribution is -2.21. The molecule has 0 aliphatic rings. The third-order valence-electron chi connectivity index (χ3n) is 4.08. The number of aromatic nitrogens is 1. The van der Waals surface area contributed by atoms with Gasteiger partial charge in [0, 0.05) is 29.1 Å². The number of hydrogen-bond acceptors (Lipinski definition) is 2. The van der Waals surface area contributed by atoms with Gasteiger partial charge in [-0.3, -0.25) is 4.79 Å². The van der Waals surface area contributed by atoms with Crippen molar-refractivity contribution in [3.63, 3.8) is 0 Å². The first-order valence-electron chi connectivity index (χ1n) is 7.62. The zero-order chi connectivity index (χ0) is 16.4. The maximum Gasteiger partial charge on any atom is 0.252 e. The molecule has 0 radical (unpaired) electrons. The van der Waals surface area contributed by atoms with Gasteiger partial charge >= 0.3 is 0 Å². The largest absolute Gasteiger partial charge is 0.321 e. The fourth-order valence-corrected chi connectivity index (χ4v) is 2.82.